The Bertz CT molecular complexity index is 632. The summed E-state index contributed by atoms with van der Waals surface area (Å²) >= 11 is 0. The van der Waals surface area contributed by atoms with E-state index >= 15 is 0 Å². The molecule has 1 heterocycles. The summed E-state index contributed by atoms with van der Waals surface area (Å²) in [7, 11) is 1.79. The fraction of sp³-hybridized carbons (Fsp3) is 0.231. The maximum absolute atomic E-state index is 14.0. The first kappa shape index (κ1) is 12.3. The Labute approximate surface area is 104 Å². The molecule has 0 fully saturated rings. The van der Waals surface area contributed by atoms with Gasteiger partial charge in [0, 0.05) is 23.9 Å². The smallest absolute Gasteiger partial charge is 0.335 e. The topological polar surface area (TPSA) is 55.1 Å². The molecule has 1 aromatic carbocycles. The van der Waals surface area contributed by atoms with Crippen molar-refractivity contribution in [2.45, 2.75) is 13.8 Å². The molecule has 0 bridgehead atoms. The number of benzene rings is 1. The molecule has 18 heavy (non-hydrogen) atoms. The molecule has 0 spiro atoms. The predicted octanol–water partition coefficient (Wildman–Crippen LogP) is 2.54. The molecule has 0 amide bonds. The number of rotatable bonds is 2. The van der Waals surface area contributed by atoms with Crippen molar-refractivity contribution < 1.29 is 14.3 Å². The standard InChI is InChI=1S/C13H13FN2O2/c1-7-12(8(2)16(3)15-7)10-5-4-9(13(17)18)6-11(10)14/h4-6H,1-3H3,(H,17,18). The molecule has 0 unspecified atom stereocenters. The predicted molar refractivity (Wildman–Crippen MR) is 65.0 cm³/mol. The number of hydrogen-bond acceptors (Lipinski definition) is 2. The lowest BCUT2D eigenvalue weighted by Crippen LogP contribution is -1.98. The molecule has 0 radical (unpaired) electrons. The van der Waals surface area contributed by atoms with Crippen LogP contribution < -0.4 is 0 Å². The summed E-state index contributed by atoms with van der Waals surface area (Å²) in [5.41, 5.74) is 2.59. The number of carbonyl (C=O) groups is 1. The van der Waals surface area contributed by atoms with Gasteiger partial charge in [0.05, 0.1) is 11.3 Å². The summed E-state index contributed by atoms with van der Waals surface area (Å²) in [5.74, 6) is -1.69. The summed E-state index contributed by atoms with van der Waals surface area (Å²) in [4.78, 5) is 10.8. The van der Waals surface area contributed by atoms with Crippen LogP contribution >= 0.6 is 0 Å². The average Bonchev–Trinajstić information content (AvgIpc) is 2.54. The van der Waals surface area contributed by atoms with Gasteiger partial charge in [-0.15, -0.1) is 0 Å². The summed E-state index contributed by atoms with van der Waals surface area (Å²) in [6.45, 7) is 3.65. The van der Waals surface area contributed by atoms with Crippen LogP contribution in [0.25, 0.3) is 11.1 Å². The maximum Gasteiger partial charge on any atom is 0.335 e. The van der Waals surface area contributed by atoms with Crippen LogP contribution in [-0.2, 0) is 7.05 Å². The third-order valence-electron chi connectivity index (χ3n) is 2.99. The van der Waals surface area contributed by atoms with Crippen molar-refractivity contribution in [1.82, 2.24) is 9.78 Å². The summed E-state index contributed by atoms with van der Waals surface area (Å²) in [6, 6.07) is 3.91. The largest absolute Gasteiger partial charge is 0.478 e. The minimum absolute atomic E-state index is 0.0598. The average molecular weight is 248 g/mol. The van der Waals surface area contributed by atoms with E-state index in [4.69, 9.17) is 5.11 Å². The van der Waals surface area contributed by atoms with Crippen LogP contribution in [0.5, 0.6) is 0 Å². The van der Waals surface area contributed by atoms with E-state index in [1.807, 2.05) is 6.92 Å². The Morgan fingerprint density at radius 2 is 2.06 bits per heavy atom. The van der Waals surface area contributed by atoms with Gasteiger partial charge in [0.25, 0.3) is 0 Å². The Morgan fingerprint density at radius 1 is 1.39 bits per heavy atom. The molecule has 0 saturated heterocycles. The highest BCUT2D eigenvalue weighted by molar-refractivity contribution is 5.88. The molecular weight excluding hydrogens is 235 g/mol. The van der Waals surface area contributed by atoms with Crippen molar-refractivity contribution in [2.75, 3.05) is 0 Å². The normalized spacial score (nSPS) is 10.7. The van der Waals surface area contributed by atoms with Gasteiger partial charge in [0.2, 0.25) is 0 Å². The van der Waals surface area contributed by atoms with Crippen LogP contribution in [0.15, 0.2) is 18.2 Å². The van der Waals surface area contributed by atoms with Crippen LogP contribution in [0, 0.1) is 19.7 Å². The van der Waals surface area contributed by atoms with E-state index in [1.165, 1.54) is 12.1 Å². The molecule has 0 atom stereocenters. The second-order valence-corrected chi connectivity index (χ2v) is 4.17. The molecular formula is C13H13FN2O2. The maximum atomic E-state index is 14.0. The van der Waals surface area contributed by atoms with Crippen molar-refractivity contribution in [3.8, 4) is 11.1 Å². The fourth-order valence-corrected chi connectivity index (χ4v) is 2.01. The number of aromatic carboxylic acids is 1. The number of aryl methyl sites for hydroxylation is 2. The van der Waals surface area contributed by atoms with Gasteiger partial charge in [-0.3, -0.25) is 4.68 Å². The fourth-order valence-electron chi connectivity index (χ4n) is 2.01. The Kier molecular flexibility index (Phi) is 2.90. The summed E-state index contributed by atoms with van der Waals surface area (Å²) in [6.07, 6.45) is 0. The number of hydrogen-bond donors (Lipinski definition) is 1. The van der Waals surface area contributed by atoms with Gasteiger partial charge in [0.1, 0.15) is 5.82 Å². The lowest BCUT2D eigenvalue weighted by atomic mass is 10.0. The lowest BCUT2D eigenvalue weighted by molar-refractivity contribution is 0.0696. The molecule has 2 aromatic rings. The minimum atomic E-state index is -1.14. The number of halogens is 1. The SMILES string of the molecule is Cc1nn(C)c(C)c1-c1ccc(C(=O)O)cc1F. The Hall–Kier alpha value is -2.17. The van der Waals surface area contributed by atoms with Crippen LogP contribution in [0.2, 0.25) is 0 Å². The highest BCUT2D eigenvalue weighted by atomic mass is 19.1. The number of nitrogens with zero attached hydrogens (tertiary/aromatic N) is 2. The van der Waals surface area contributed by atoms with Gasteiger partial charge >= 0.3 is 5.97 Å². The van der Waals surface area contributed by atoms with Crippen molar-refractivity contribution in [3.63, 3.8) is 0 Å². The number of aromatic nitrogens is 2. The zero-order valence-electron chi connectivity index (χ0n) is 10.4. The van der Waals surface area contributed by atoms with Gasteiger partial charge in [-0.1, -0.05) is 6.07 Å². The van der Waals surface area contributed by atoms with Crippen LogP contribution in [0.3, 0.4) is 0 Å². The van der Waals surface area contributed by atoms with Gasteiger partial charge in [-0.25, -0.2) is 9.18 Å². The third kappa shape index (κ3) is 1.88. The molecule has 4 nitrogen and oxygen atoms in total. The Morgan fingerprint density at radius 3 is 2.50 bits per heavy atom. The van der Waals surface area contributed by atoms with Crippen molar-refractivity contribution in [1.29, 1.82) is 0 Å². The molecule has 0 aliphatic heterocycles. The van der Waals surface area contributed by atoms with Crippen LogP contribution in [0.1, 0.15) is 21.7 Å². The lowest BCUT2D eigenvalue weighted by Gasteiger charge is -2.05. The van der Waals surface area contributed by atoms with Crippen LogP contribution in [-0.4, -0.2) is 20.9 Å². The van der Waals surface area contributed by atoms with Crippen molar-refractivity contribution in [3.05, 3.63) is 41.0 Å². The van der Waals surface area contributed by atoms with Gasteiger partial charge in [0.15, 0.2) is 0 Å². The quantitative estimate of drug-likeness (QED) is 0.888. The molecule has 1 N–H and O–H groups in total. The summed E-state index contributed by atoms with van der Waals surface area (Å²) < 4.78 is 15.6. The molecule has 2 rings (SSSR count). The second kappa shape index (κ2) is 4.25. The van der Waals surface area contributed by atoms with Gasteiger partial charge in [-0.05, 0) is 26.0 Å². The third-order valence-corrected chi connectivity index (χ3v) is 2.99. The van der Waals surface area contributed by atoms with E-state index in [2.05, 4.69) is 5.10 Å². The number of carboxylic acids is 1. The van der Waals surface area contributed by atoms with E-state index in [0.29, 0.717) is 11.1 Å². The highest BCUT2D eigenvalue weighted by Crippen LogP contribution is 2.29. The van der Waals surface area contributed by atoms with Crippen molar-refractivity contribution in [2.24, 2.45) is 7.05 Å². The van der Waals surface area contributed by atoms with Gasteiger partial charge in [-0.2, -0.15) is 5.10 Å². The van der Waals surface area contributed by atoms with Crippen LogP contribution in [0.4, 0.5) is 4.39 Å². The molecule has 94 valence electrons. The first-order valence-electron chi connectivity index (χ1n) is 5.45. The zero-order chi connectivity index (χ0) is 13.4. The van der Waals surface area contributed by atoms with E-state index in [-0.39, 0.29) is 5.56 Å². The zero-order valence-corrected chi connectivity index (χ0v) is 10.4. The molecule has 0 saturated carbocycles. The van der Waals surface area contributed by atoms with E-state index in [1.54, 1.807) is 18.7 Å². The highest BCUT2D eigenvalue weighted by Gasteiger charge is 2.16. The molecule has 5 heteroatoms. The van der Waals surface area contributed by atoms with E-state index < -0.39 is 11.8 Å². The first-order chi connectivity index (χ1) is 8.41. The molecule has 0 aliphatic carbocycles. The monoisotopic (exact) mass is 248 g/mol. The second-order valence-electron chi connectivity index (χ2n) is 4.17. The molecule has 0 aliphatic rings. The Balaban J connectivity index is 2.62. The first-order valence-corrected chi connectivity index (χ1v) is 5.45. The van der Waals surface area contributed by atoms with Gasteiger partial charge < -0.3 is 5.11 Å². The van der Waals surface area contributed by atoms with Crippen molar-refractivity contribution >= 4 is 5.97 Å². The van der Waals surface area contributed by atoms with E-state index in [0.717, 1.165) is 17.5 Å². The number of carboxylic acid groups (broad SMARTS) is 1. The van der Waals surface area contributed by atoms with E-state index in [9.17, 15) is 9.18 Å². The minimum Gasteiger partial charge on any atom is -0.478 e. The molecule has 1 aromatic heterocycles. The summed E-state index contributed by atoms with van der Waals surface area (Å²) in [5, 5.41) is 13.0.